The van der Waals surface area contributed by atoms with E-state index in [4.69, 9.17) is 4.74 Å². The molecule has 2 rings (SSSR count). The van der Waals surface area contributed by atoms with Crippen molar-refractivity contribution in [1.82, 2.24) is 9.36 Å². The fourth-order valence-corrected chi connectivity index (χ4v) is 2.39. The number of nitrogens with zero attached hydrogens (tertiary/aromatic N) is 2. The van der Waals surface area contributed by atoms with Crippen LogP contribution in [0.15, 0.2) is 0 Å². The summed E-state index contributed by atoms with van der Waals surface area (Å²) in [7, 11) is 0. The Bertz CT molecular complexity index is 307. The first kappa shape index (κ1) is 10.8. The number of hydrogen-bond donors (Lipinski definition) is 1. The minimum atomic E-state index is 0.339. The van der Waals surface area contributed by atoms with E-state index >= 15 is 0 Å². The van der Waals surface area contributed by atoms with Crippen molar-refractivity contribution >= 4 is 16.7 Å². The summed E-state index contributed by atoms with van der Waals surface area (Å²) in [6.07, 6.45) is 3.51. The molecular formula is C10H17N3OS. The summed E-state index contributed by atoms with van der Waals surface area (Å²) in [5.74, 6) is 0.912. The second-order valence-electron chi connectivity index (χ2n) is 4.15. The Morgan fingerprint density at radius 1 is 1.60 bits per heavy atom. The summed E-state index contributed by atoms with van der Waals surface area (Å²) in [5, 5.41) is 4.17. The Balaban J connectivity index is 1.88. The minimum Gasteiger partial charge on any atom is -0.378 e. The zero-order valence-corrected chi connectivity index (χ0v) is 10.0. The van der Waals surface area contributed by atoms with Crippen LogP contribution in [-0.4, -0.2) is 28.1 Å². The predicted octanol–water partition coefficient (Wildman–Crippen LogP) is 2.08. The average Bonchev–Trinajstić information content (AvgIpc) is 2.77. The maximum Gasteiger partial charge on any atom is 0.202 e. The summed E-state index contributed by atoms with van der Waals surface area (Å²) in [4.78, 5) is 4.43. The molecule has 0 radical (unpaired) electrons. The van der Waals surface area contributed by atoms with E-state index < -0.39 is 0 Å². The van der Waals surface area contributed by atoms with Gasteiger partial charge in [-0.15, -0.1) is 0 Å². The molecule has 1 fully saturated rings. The molecule has 1 N–H and O–H groups in total. The lowest BCUT2D eigenvalue weighted by atomic mass is 10.2. The van der Waals surface area contributed by atoms with Gasteiger partial charge in [-0.2, -0.15) is 4.37 Å². The van der Waals surface area contributed by atoms with Crippen LogP contribution in [0.2, 0.25) is 0 Å². The Hall–Kier alpha value is -0.680. The minimum absolute atomic E-state index is 0.339. The average molecular weight is 227 g/mol. The second-order valence-corrected chi connectivity index (χ2v) is 4.91. The van der Waals surface area contributed by atoms with Gasteiger partial charge in [0, 0.05) is 30.6 Å². The molecule has 0 aromatic carbocycles. The van der Waals surface area contributed by atoms with Crippen molar-refractivity contribution in [1.29, 1.82) is 0 Å². The number of ether oxygens (including phenoxy) is 1. The Morgan fingerprint density at radius 2 is 2.47 bits per heavy atom. The van der Waals surface area contributed by atoms with Gasteiger partial charge in [-0.25, -0.2) is 4.98 Å². The van der Waals surface area contributed by atoms with Crippen LogP contribution in [0.5, 0.6) is 0 Å². The highest BCUT2D eigenvalue weighted by Gasteiger charge is 2.18. The largest absolute Gasteiger partial charge is 0.378 e. The number of nitrogens with one attached hydrogen (secondary N) is 1. The van der Waals surface area contributed by atoms with Gasteiger partial charge in [-0.1, -0.05) is 0 Å². The van der Waals surface area contributed by atoms with Crippen molar-refractivity contribution in [3.63, 3.8) is 0 Å². The lowest BCUT2D eigenvalue weighted by Gasteiger charge is -2.05. The number of hydrogen-bond acceptors (Lipinski definition) is 5. The molecule has 0 bridgehead atoms. The highest BCUT2D eigenvalue weighted by molar-refractivity contribution is 7.09. The highest BCUT2D eigenvalue weighted by atomic mass is 32.1. The topological polar surface area (TPSA) is 47.0 Å². The molecule has 1 aromatic heterocycles. The highest BCUT2D eigenvalue weighted by Crippen LogP contribution is 2.18. The molecule has 0 saturated carbocycles. The molecule has 5 heteroatoms. The van der Waals surface area contributed by atoms with Crippen molar-refractivity contribution in [3.05, 3.63) is 5.82 Å². The van der Waals surface area contributed by atoms with E-state index in [-0.39, 0.29) is 0 Å². The Kier molecular flexibility index (Phi) is 3.53. The van der Waals surface area contributed by atoms with E-state index in [1.165, 1.54) is 18.0 Å². The van der Waals surface area contributed by atoms with Crippen LogP contribution in [0.25, 0.3) is 0 Å². The van der Waals surface area contributed by atoms with Gasteiger partial charge in [0.2, 0.25) is 5.13 Å². The van der Waals surface area contributed by atoms with Crippen molar-refractivity contribution < 1.29 is 4.74 Å². The van der Waals surface area contributed by atoms with Gasteiger partial charge in [0.1, 0.15) is 5.82 Å². The number of aromatic nitrogens is 2. The van der Waals surface area contributed by atoms with Crippen LogP contribution < -0.4 is 5.32 Å². The van der Waals surface area contributed by atoms with Crippen LogP contribution in [0.3, 0.4) is 0 Å². The molecule has 0 spiro atoms. The maximum absolute atomic E-state index is 5.55. The second kappa shape index (κ2) is 4.90. The molecule has 1 aliphatic rings. The normalized spacial score (nSPS) is 21.1. The summed E-state index contributed by atoms with van der Waals surface area (Å²) >= 11 is 1.43. The number of anilines is 1. The molecule has 2 heterocycles. The summed E-state index contributed by atoms with van der Waals surface area (Å²) in [6.45, 7) is 5.09. The van der Waals surface area contributed by atoms with E-state index in [9.17, 15) is 0 Å². The third kappa shape index (κ3) is 3.14. The molecule has 0 amide bonds. The van der Waals surface area contributed by atoms with Crippen LogP contribution in [0, 0.1) is 0 Å². The van der Waals surface area contributed by atoms with Crippen LogP contribution in [-0.2, 0) is 11.2 Å². The molecule has 1 saturated heterocycles. The smallest absolute Gasteiger partial charge is 0.202 e. The molecule has 1 aliphatic heterocycles. The van der Waals surface area contributed by atoms with Crippen LogP contribution in [0.4, 0.5) is 5.13 Å². The Labute approximate surface area is 94.2 Å². The molecule has 1 unspecified atom stereocenters. The van der Waals surface area contributed by atoms with E-state index in [1.807, 2.05) is 0 Å². The van der Waals surface area contributed by atoms with E-state index in [0.29, 0.717) is 12.1 Å². The first-order valence-electron chi connectivity index (χ1n) is 5.45. The third-order valence-corrected chi connectivity index (χ3v) is 3.00. The standard InChI is InChI=1S/C10H17N3OS/c1-7(2)11-10-12-9(13-15-10)6-8-4-3-5-14-8/h7-8H,3-6H2,1-2H3,(H,11,12,13). The van der Waals surface area contributed by atoms with Gasteiger partial charge < -0.3 is 10.1 Å². The zero-order chi connectivity index (χ0) is 10.7. The SMILES string of the molecule is CC(C)Nc1nc(CC2CCCO2)ns1. The molecule has 15 heavy (non-hydrogen) atoms. The lowest BCUT2D eigenvalue weighted by Crippen LogP contribution is -2.11. The van der Waals surface area contributed by atoms with Gasteiger partial charge in [-0.3, -0.25) is 0 Å². The molecule has 1 atom stereocenters. The van der Waals surface area contributed by atoms with Crippen molar-refractivity contribution in [2.45, 2.75) is 45.3 Å². The van der Waals surface area contributed by atoms with Crippen LogP contribution >= 0.6 is 11.5 Å². The van der Waals surface area contributed by atoms with Crippen LogP contribution in [0.1, 0.15) is 32.5 Å². The van der Waals surface area contributed by atoms with E-state index in [1.54, 1.807) is 0 Å². The summed E-state index contributed by atoms with van der Waals surface area (Å²) < 4.78 is 9.87. The first-order valence-corrected chi connectivity index (χ1v) is 6.22. The summed E-state index contributed by atoms with van der Waals surface area (Å²) in [5.41, 5.74) is 0. The van der Waals surface area contributed by atoms with E-state index in [2.05, 4.69) is 28.5 Å². The van der Waals surface area contributed by atoms with Gasteiger partial charge in [-0.05, 0) is 26.7 Å². The lowest BCUT2D eigenvalue weighted by molar-refractivity contribution is 0.110. The van der Waals surface area contributed by atoms with Crippen molar-refractivity contribution in [2.75, 3.05) is 11.9 Å². The molecule has 0 aliphatic carbocycles. The third-order valence-electron chi connectivity index (χ3n) is 2.31. The monoisotopic (exact) mass is 227 g/mol. The molecule has 4 nitrogen and oxygen atoms in total. The fourth-order valence-electron chi connectivity index (χ4n) is 1.65. The van der Waals surface area contributed by atoms with E-state index in [0.717, 1.165) is 30.4 Å². The van der Waals surface area contributed by atoms with Gasteiger partial charge in [0.05, 0.1) is 6.10 Å². The van der Waals surface area contributed by atoms with Gasteiger partial charge in [0.15, 0.2) is 0 Å². The van der Waals surface area contributed by atoms with Crippen molar-refractivity contribution in [2.24, 2.45) is 0 Å². The van der Waals surface area contributed by atoms with Gasteiger partial charge >= 0.3 is 0 Å². The van der Waals surface area contributed by atoms with Crippen molar-refractivity contribution in [3.8, 4) is 0 Å². The Morgan fingerprint density at radius 3 is 3.13 bits per heavy atom. The molecule has 84 valence electrons. The zero-order valence-electron chi connectivity index (χ0n) is 9.19. The first-order chi connectivity index (χ1) is 7.24. The predicted molar refractivity (Wildman–Crippen MR) is 61.3 cm³/mol. The number of rotatable bonds is 4. The molecular weight excluding hydrogens is 210 g/mol. The molecule has 1 aromatic rings. The maximum atomic E-state index is 5.55. The quantitative estimate of drug-likeness (QED) is 0.855. The summed E-state index contributed by atoms with van der Waals surface area (Å²) in [6, 6.07) is 0.411. The fraction of sp³-hybridized carbons (Fsp3) is 0.800. The van der Waals surface area contributed by atoms with Gasteiger partial charge in [0.25, 0.3) is 0 Å².